The lowest BCUT2D eigenvalue weighted by Gasteiger charge is -2.18. The maximum absolute atomic E-state index is 13.4. The molecule has 0 aliphatic carbocycles. The number of aryl methyl sites for hydroxylation is 2. The molecule has 2 aromatic carbocycles. The highest BCUT2D eigenvalue weighted by Gasteiger charge is 2.31. The minimum atomic E-state index is -1.01. The van der Waals surface area contributed by atoms with Crippen molar-refractivity contribution in [2.45, 2.75) is 13.8 Å². The fourth-order valence-electron chi connectivity index (χ4n) is 2.81. The summed E-state index contributed by atoms with van der Waals surface area (Å²) in [7, 11) is 0. The van der Waals surface area contributed by atoms with Gasteiger partial charge in [0.1, 0.15) is 6.54 Å². The van der Waals surface area contributed by atoms with Crippen molar-refractivity contribution in [1.82, 2.24) is 4.90 Å². The molecule has 1 heterocycles. The average Bonchev–Trinajstić information content (AvgIpc) is 2.94. The molecule has 0 atom stereocenters. The number of carbonyl (C=O) groups excluding carboxylic acids is 2. The normalized spacial score (nSPS) is 14.1. The van der Waals surface area contributed by atoms with Gasteiger partial charge in [-0.15, -0.1) is 0 Å². The largest absolute Gasteiger partial charge is 0.325 e. The predicted molar refractivity (Wildman–Crippen MR) is 95.2 cm³/mol. The number of halogens is 2. The molecule has 5 nitrogen and oxygen atoms in total. The summed E-state index contributed by atoms with van der Waals surface area (Å²) < 4.78 is 26.4. The van der Waals surface area contributed by atoms with E-state index < -0.39 is 17.7 Å². The molecular weight excluding hydrogens is 340 g/mol. The van der Waals surface area contributed by atoms with Gasteiger partial charge in [-0.25, -0.2) is 13.6 Å². The van der Waals surface area contributed by atoms with Crippen LogP contribution in [0.1, 0.15) is 11.1 Å². The highest BCUT2D eigenvalue weighted by molar-refractivity contribution is 5.99. The summed E-state index contributed by atoms with van der Waals surface area (Å²) >= 11 is 0. The highest BCUT2D eigenvalue weighted by Crippen LogP contribution is 2.22. The molecule has 1 aliphatic heterocycles. The van der Waals surface area contributed by atoms with Crippen molar-refractivity contribution in [3.8, 4) is 0 Å². The Morgan fingerprint density at radius 2 is 1.81 bits per heavy atom. The second kappa shape index (κ2) is 7.11. The summed E-state index contributed by atoms with van der Waals surface area (Å²) in [5.41, 5.74) is 3.12. The molecule has 0 bridgehead atoms. The minimum Gasteiger partial charge on any atom is -0.325 e. The van der Waals surface area contributed by atoms with Gasteiger partial charge in [-0.05, 0) is 49.2 Å². The van der Waals surface area contributed by atoms with Gasteiger partial charge < -0.3 is 10.2 Å². The van der Waals surface area contributed by atoms with Crippen molar-refractivity contribution in [3.63, 3.8) is 0 Å². The Morgan fingerprint density at radius 3 is 2.50 bits per heavy atom. The van der Waals surface area contributed by atoms with Gasteiger partial charge in [0, 0.05) is 30.5 Å². The molecule has 1 fully saturated rings. The number of benzene rings is 2. The van der Waals surface area contributed by atoms with E-state index in [1.54, 1.807) is 6.07 Å². The summed E-state index contributed by atoms with van der Waals surface area (Å²) in [5, 5.41) is 2.77. The fraction of sp³-hybridized carbons (Fsp3) is 0.263. The Kier molecular flexibility index (Phi) is 4.88. The van der Waals surface area contributed by atoms with Crippen LogP contribution >= 0.6 is 0 Å². The molecule has 0 unspecified atom stereocenters. The minimum absolute atomic E-state index is 0.105. The van der Waals surface area contributed by atoms with E-state index in [1.165, 1.54) is 15.9 Å². The number of hydrogen-bond donors (Lipinski definition) is 1. The number of rotatable bonds is 4. The molecule has 0 spiro atoms. The number of amides is 3. The lowest BCUT2D eigenvalue weighted by atomic mass is 10.1. The van der Waals surface area contributed by atoms with Crippen molar-refractivity contribution in [2.75, 3.05) is 29.9 Å². The van der Waals surface area contributed by atoms with E-state index in [1.807, 2.05) is 26.0 Å². The lowest BCUT2D eigenvalue weighted by molar-refractivity contribution is -0.116. The Bertz CT molecular complexity index is 870. The van der Waals surface area contributed by atoms with Crippen molar-refractivity contribution >= 4 is 23.3 Å². The van der Waals surface area contributed by atoms with E-state index in [0.717, 1.165) is 23.3 Å². The van der Waals surface area contributed by atoms with Gasteiger partial charge in [0.05, 0.1) is 0 Å². The van der Waals surface area contributed by atoms with Crippen molar-refractivity contribution in [3.05, 3.63) is 59.2 Å². The SMILES string of the molecule is Cc1ccc(NC(=O)CN2CCN(c3ccc(F)c(F)c3)C2=O)cc1C. The van der Waals surface area contributed by atoms with Gasteiger partial charge in [-0.2, -0.15) is 0 Å². The third-order valence-corrected chi connectivity index (χ3v) is 4.43. The van der Waals surface area contributed by atoms with Crippen LogP contribution in [0.2, 0.25) is 0 Å². The Morgan fingerprint density at radius 1 is 1.04 bits per heavy atom. The molecule has 0 radical (unpaired) electrons. The van der Waals surface area contributed by atoms with E-state index in [4.69, 9.17) is 0 Å². The van der Waals surface area contributed by atoms with Crippen molar-refractivity contribution in [2.24, 2.45) is 0 Å². The first-order valence-electron chi connectivity index (χ1n) is 8.24. The van der Waals surface area contributed by atoms with Crippen LogP contribution in [0.3, 0.4) is 0 Å². The molecule has 0 saturated carbocycles. The van der Waals surface area contributed by atoms with Crippen LogP contribution in [0.5, 0.6) is 0 Å². The van der Waals surface area contributed by atoms with Gasteiger partial charge in [0.2, 0.25) is 5.91 Å². The van der Waals surface area contributed by atoms with Gasteiger partial charge in [-0.1, -0.05) is 6.07 Å². The van der Waals surface area contributed by atoms with E-state index >= 15 is 0 Å². The number of hydrogen-bond acceptors (Lipinski definition) is 2. The van der Waals surface area contributed by atoms with Crippen LogP contribution in [-0.4, -0.2) is 36.5 Å². The smallest absolute Gasteiger partial charge is 0.325 e. The van der Waals surface area contributed by atoms with Crippen LogP contribution in [-0.2, 0) is 4.79 Å². The van der Waals surface area contributed by atoms with Crippen LogP contribution in [0.25, 0.3) is 0 Å². The number of nitrogens with zero attached hydrogens (tertiary/aromatic N) is 2. The van der Waals surface area contributed by atoms with Gasteiger partial charge in [0.25, 0.3) is 0 Å². The Hall–Kier alpha value is -2.96. The molecule has 0 aromatic heterocycles. The van der Waals surface area contributed by atoms with Crippen LogP contribution in [0, 0.1) is 25.5 Å². The van der Waals surface area contributed by atoms with Crippen molar-refractivity contribution < 1.29 is 18.4 Å². The molecule has 3 amide bonds. The molecule has 7 heteroatoms. The quantitative estimate of drug-likeness (QED) is 0.909. The Labute approximate surface area is 150 Å². The summed E-state index contributed by atoms with van der Waals surface area (Å²) in [6, 6.07) is 8.47. The number of urea groups is 1. The third kappa shape index (κ3) is 3.66. The zero-order valence-electron chi connectivity index (χ0n) is 14.6. The van der Waals surface area contributed by atoms with E-state index in [0.29, 0.717) is 18.8 Å². The van der Waals surface area contributed by atoms with Gasteiger partial charge in [0.15, 0.2) is 11.6 Å². The molecule has 1 saturated heterocycles. The zero-order chi connectivity index (χ0) is 18.8. The topological polar surface area (TPSA) is 52.7 Å². The summed E-state index contributed by atoms with van der Waals surface area (Å²) in [6.45, 7) is 4.47. The fourth-order valence-corrected chi connectivity index (χ4v) is 2.81. The molecule has 1 N–H and O–H groups in total. The summed E-state index contributed by atoms with van der Waals surface area (Å²) in [6.07, 6.45) is 0. The summed E-state index contributed by atoms with van der Waals surface area (Å²) in [4.78, 5) is 27.4. The number of nitrogens with one attached hydrogen (secondary N) is 1. The first-order valence-corrected chi connectivity index (χ1v) is 8.24. The van der Waals surface area contributed by atoms with Crippen molar-refractivity contribution in [1.29, 1.82) is 0 Å². The van der Waals surface area contributed by atoms with E-state index in [-0.39, 0.29) is 18.1 Å². The predicted octanol–water partition coefficient (Wildman–Crippen LogP) is 3.46. The van der Waals surface area contributed by atoms with Crippen LogP contribution in [0.15, 0.2) is 36.4 Å². The average molecular weight is 359 g/mol. The Balaban J connectivity index is 1.63. The van der Waals surface area contributed by atoms with Crippen LogP contribution < -0.4 is 10.2 Å². The number of anilines is 2. The maximum atomic E-state index is 13.4. The third-order valence-electron chi connectivity index (χ3n) is 4.43. The molecule has 26 heavy (non-hydrogen) atoms. The van der Waals surface area contributed by atoms with E-state index in [9.17, 15) is 18.4 Å². The first kappa shape index (κ1) is 17.8. The van der Waals surface area contributed by atoms with Gasteiger partial charge in [-0.3, -0.25) is 9.69 Å². The zero-order valence-corrected chi connectivity index (χ0v) is 14.6. The second-order valence-electron chi connectivity index (χ2n) is 6.30. The lowest BCUT2D eigenvalue weighted by Crippen LogP contribution is -2.37. The highest BCUT2D eigenvalue weighted by atomic mass is 19.2. The molecule has 1 aliphatic rings. The maximum Gasteiger partial charge on any atom is 0.325 e. The standard InChI is InChI=1S/C19H19F2N3O2/c1-12-3-4-14(9-13(12)2)22-18(25)11-23-7-8-24(19(23)26)15-5-6-16(20)17(21)10-15/h3-6,9-10H,7-8,11H2,1-2H3,(H,22,25). The molecular formula is C19H19F2N3O2. The second-order valence-corrected chi connectivity index (χ2v) is 6.30. The molecule has 2 aromatic rings. The van der Waals surface area contributed by atoms with E-state index in [2.05, 4.69) is 5.32 Å². The molecule has 136 valence electrons. The monoisotopic (exact) mass is 359 g/mol. The van der Waals surface area contributed by atoms with Crippen LogP contribution in [0.4, 0.5) is 25.0 Å². The summed E-state index contributed by atoms with van der Waals surface area (Å²) in [5.74, 6) is -2.29. The molecule has 3 rings (SSSR count). The number of carbonyl (C=O) groups is 2. The first-order chi connectivity index (χ1) is 12.3. The van der Waals surface area contributed by atoms with Gasteiger partial charge >= 0.3 is 6.03 Å².